The molecule has 0 N–H and O–H groups in total. The molecule has 0 saturated carbocycles. The standard InChI is InChI=1S/C15H12FN3O2/c16-12-6-4-11(5-7-12)14-18-19(15(20)21-14)10-8-13-3-1-2-9-17-13/h1-7,9H,8,10H2. The second-order valence-electron chi connectivity index (χ2n) is 4.47. The Labute approximate surface area is 119 Å². The molecule has 106 valence electrons. The van der Waals surface area contributed by atoms with Crippen LogP contribution >= 0.6 is 0 Å². The summed E-state index contributed by atoms with van der Waals surface area (Å²) in [6.45, 7) is 0.376. The summed E-state index contributed by atoms with van der Waals surface area (Å²) in [5.41, 5.74) is 1.43. The van der Waals surface area contributed by atoms with Gasteiger partial charge in [0.25, 0.3) is 0 Å². The van der Waals surface area contributed by atoms with Gasteiger partial charge < -0.3 is 4.42 Å². The van der Waals surface area contributed by atoms with Crippen molar-refractivity contribution in [1.29, 1.82) is 0 Å². The molecule has 0 unspecified atom stereocenters. The Morgan fingerprint density at radius 1 is 1.14 bits per heavy atom. The maximum atomic E-state index is 12.9. The summed E-state index contributed by atoms with van der Waals surface area (Å²) in [6, 6.07) is 11.2. The van der Waals surface area contributed by atoms with E-state index >= 15 is 0 Å². The predicted molar refractivity (Wildman–Crippen MR) is 74.1 cm³/mol. The number of benzene rings is 1. The molecule has 0 amide bonds. The van der Waals surface area contributed by atoms with Gasteiger partial charge in [-0.1, -0.05) is 6.07 Å². The second-order valence-corrected chi connectivity index (χ2v) is 4.47. The summed E-state index contributed by atoms with van der Waals surface area (Å²) in [5, 5.41) is 4.11. The Bertz CT molecular complexity index is 779. The molecule has 0 aliphatic carbocycles. The Balaban J connectivity index is 1.78. The molecule has 5 nitrogen and oxygen atoms in total. The van der Waals surface area contributed by atoms with E-state index in [1.807, 2.05) is 18.2 Å². The van der Waals surface area contributed by atoms with Gasteiger partial charge in [0, 0.05) is 23.9 Å². The first-order chi connectivity index (χ1) is 10.2. The molecule has 0 radical (unpaired) electrons. The summed E-state index contributed by atoms with van der Waals surface area (Å²) in [4.78, 5) is 15.9. The summed E-state index contributed by atoms with van der Waals surface area (Å²) >= 11 is 0. The molecule has 3 rings (SSSR count). The topological polar surface area (TPSA) is 60.9 Å². The quantitative estimate of drug-likeness (QED) is 0.738. The zero-order chi connectivity index (χ0) is 14.7. The fourth-order valence-electron chi connectivity index (χ4n) is 1.92. The Morgan fingerprint density at radius 3 is 2.67 bits per heavy atom. The van der Waals surface area contributed by atoms with Crippen LogP contribution in [0.15, 0.2) is 57.9 Å². The van der Waals surface area contributed by atoms with E-state index in [9.17, 15) is 9.18 Å². The summed E-state index contributed by atoms with van der Waals surface area (Å²) in [7, 11) is 0. The van der Waals surface area contributed by atoms with Gasteiger partial charge in [0.05, 0.1) is 6.54 Å². The first-order valence-corrected chi connectivity index (χ1v) is 6.46. The van der Waals surface area contributed by atoms with Crippen molar-refractivity contribution in [3.63, 3.8) is 0 Å². The van der Waals surface area contributed by atoms with Gasteiger partial charge in [-0.25, -0.2) is 9.18 Å². The number of pyridine rings is 1. The van der Waals surface area contributed by atoms with Crippen LogP contribution in [0, 0.1) is 5.82 Å². The predicted octanol–water partition coefficient (Wildman–Crippen LogP) is 2.28. The SMILES string of the molecule is O=c1oc(-c2ccc(F)cc2)nn1CCc1ccccn1. The van der Waals surface area contributed by atoms with Crippen LogP contribution in [0.25, 0.3) is 11.5 Å². The summed E-state index contributed by atoms with van der Waals surface area (Å²) in [5.74, 6) is -0.707. The van der Waals surface area contributed by atoms with Gasteiger partial charge in [0.1, 0.15) is 5.82 Å². The van der Waals surface area contributed by atoms with Crippen LogP contribution in [-0.4, -0.2) is 14.8 Å². The highest BCUT2D eigenvalue weighted by Crippen LogP contribution is 2.15. The normalized spacial score (nSPS) is 10.7. The lowest BCUT2D eigenvalue weighted by Crippen LogP contribution is -2.17. The maximum absolute atomic E-state index is 12.9. The van der Waals surface area contributed by atoms with Crippen LogP contribution in [0.3, 0.4) is 0 Å². The lowest BCUT2D eigenvalue weighted by Gasteiger charge is -1.98. The maximum Gasteiger partial charge on any atom is 0.437 e. The third-order valence-electron chi connectivity index (χ3n) is 3.00. The van der Waals surface area contributed by atoms with Crippen molar-refractivity contribution in [3.8, 4) is 11.5 Å². The lowest BCUT2D eigenvalue weighted by atomic mass is 10.2. The van der Waals surface area contributed by atoms with Gasteiger partial charge in [0.2, 0.25) is 5.89 Å². The second kappa shape index (κ2) is 5.70. The number of nitrogens with zero attached hydrogens (tertiary/aromatic N) is 3. The summed E-state index contributed by atoms with van der Waals surface area (Å²) in [6.07, 6.45) is 2.28. The fourth-order valence-corrected chi connectivity index (χ4v) is 1.92. The summed E-state index contributed by atoms with van der Waals surface area (Å²) < 4.78 is 19.2. The van der Waals surface area contributed by atoms with Crippen molar-refractivity contribution >= 4 is 0 Å². The van der Waals surface area contributed by atoms with E-state index in [1.54, 1.807) is 6.20 Å². The molecule has 0 atom stereocenters. The van der Waals surface area contributed by atoms with Crippen molar-refractivity contribution in [3.05, 3.63) is 70.7 Å². The van der Waals surface area contributed by atoms with Gasteiger partial charge in [-0.3, -0.25) is 4.98 Å². The third kappa shape index (κ3) is 3.05. The Hall–Kier alpha value is -2.76. The zero-order valence-electron chi connectivity index (χ0n) is 11.1. The van der Waals surface area contributed by atoms with Crippen LogP contribution in [0.4, 0.5) is 4.39 Å². The average molecular weight is 285 g/mol. The molecule has 0 bridgehead atoms. The first kappa shape index (κ1) is 13.2. The highest BCUT2D eigenvalue weighted by Gasteiger charge is 2.10. The van der Waals surface area contributed by atoms with E-state index in [0.717, 1.165) is 5.69 Å². The largest absolute Gasteiger partial charge is 0.437 e. The number of aromatic nitrogens is 3. The van der Waals surface area contributed by atoms with E-state index in [2.05, 4.69) is 10.1 Å². The van der Waals surface area contributed by atoms with E-state index in [1.165, 1.54) is 28.9 Å². The van der Waals surface area contributed by atoms with Crippen LogP contribution in [0.5, 0.6) is 0 Å². The average Bonchev–Trinajstić information content (AvgIpc) is 2.88. The highest BCUT2D eigenvalue weighted by molar-refractivity contribution is 5.51. The van der Waals surface area contributed by atoms with Crippen LogP contribution in [0.2, 0.25) is 0 Å². The molecule has 0 saturated heterocycles. The monoisotopic (exact) mass is 285 g/mol. The van der Waals surface area contributed by atoms with Crippen molar-refractivity contribution in [1.82, 2.24) is 14.8 Å². The molecule has 3 aromatic rings. The van der Waals surface area contributed by atoms with Crippen molar-refractivity contribution in [2.75, 3.05) is 0 Å². The fraction of sp³-hybridized carbons (Fsp3) is 0.133. The number of hydrogen-bond acceptors (Lipinski definition) is 4. The van der Waals surface area contributed by atoms with Crippen LogP contribution < -0.4 is 5.76 Å². The van der Waals surface area contributed by atoms with Gasteiger partial charge >= 0.3 is 5.76 Å². The Morgan fingerprint density at radius 2 is 1.95 bits per heavy atom. The Kier molecular flexibility index (Phi) is 3.59. The van der Waals surface area contributed by atoms with E-state index in [4.69, 9.17) is 4.42 Å². The van der Waals surface area contributed by atoms with Gasteiger partial charge in [-0.2, -0.15) is 4.68 Å². The third-order valence-corrected chi connectivity index (χ3v) is 3.00. The molecule has 0 aliphatic heterocycles. The van der Waals surface area contributed by atoms with E-state index in [-0.39, 0.29) is 11.7 Å². The molecule has 0 spiro atoms. The van der Waals surface area contributed by atoms with Crippen molar-refractivity contribution in [2.24, 2.45) is 0 Å². The molecule has 21 heavy (non-hydrogen) atoms. The van der Waals surface area contributed by atoms with Gasteiger partial charge in [-0.05, 0) is 36.4 Å². The number of halogens is 1. The molecule has 0 aliphatic rings. The number of aryl methyl sites for hydroxylation is 2. The highest BCUT2D eigenvalue weighted by atomic mass is 19.1. The number of rotatable bonds is 4. The smallest absolute Gasteiger partial charge is 0.388 e. The number of hydrogen-bond donors (Lipinski definition) is 0. The molecule has 2 heterocycles. The first-order valence-electron chi connectivity index (χ1n) is 6.46. The van der Waals surface area contributed by atoms with Crippen LogP contribution in [-0.2, 0) is 13.0 Å². The molecule has 1 aromatic carbocycles. The molecular formula is C15H12FN3O2. The van der Waals surface area contributed by atoms with Gasteiger partial charge in [0.15, 0.2) is 0 Å². The van der Waals surface area contributed by atoms with Crippen molar-refractivity contribution < 1.29 is 8.81 Å². The zero-order valence-corrected chi connectivity index (χ0v) is 11.1. The van der Waals surface area contributed by atoms with Crippen LogP contribution in [0.1, 0.15) is 5.69 Å². The van der Waals surface area contributed by atoms with Crippen molar-refractivity contribution in [2.45, 2.75) is 13.0 Å². The molecule has 2 aromatic heterocycles. The minimum atomic E-state index is -0.537. The van der Waals surface area contributed by atoms with E-state index < -0.39 is 5.76 Å². The van der Waals surface area contributed by atoms with E-state index in [0.29, 0.717) is 18.5 Å². The molecule has 0 fully saturated rings. The minimum Gasteiger partial charge on any atom is -0.388 e. The van der Waals surface area contributed by atoms with Gasteiger partial charge in [-0.15, -0.1) is 5.10 Å². The minimum absolute atomic E-state index is 0.182. The molecular weight excluding hydrogens is 273 g/mol. The molecule has 6 heteroatoms. The lowest BCUT2D eigenvalue weighted by molar-refractivity contribution is 0.480.